The maximum Gasteiger partial charge on any atom is 0.414 e. The zero-order valence-electron chi connectivity index (χ0n) is 18.6. The molecule has 1 amide bonds. The van der Waals surface area contributed by atoms with Crippen molar-refractivity contribution in [2.75, 3.05) is 14.1 Å². The molecule has 0 radical (unpaired) electrons. The van der Waals surface area contributed by atoms with Crippen LogP contribution in [0.5, 0.6) is 5.75 Å². The number of rotatable bonds is 6. The van der Waals surface area contributed by atoms with E-state index in [9.17, 15) is 22.4 Å². The predicted molar refractivity (Wildman–Crippen MR) is 124 cm³/mol. The second-order valence-electron chi connectivity index (χ2n) is 8.37. The van der Waals surface area contributed by atoms with E-state index in [1.807, 2.05) is 0 Å². The van der Waals surface area contributed by atoms with E-state index in [0.29, 0.717) is 16.5 Å². The average molecular weight is 509 g/mol. The van der Waals surface area contributed by atoms with E-state index in [2.05, 4.69) is 4.72 Å². The summed E-state index contributed by atoms with van der Waals surface area (Å²) in [5.74, 6) is -0.828. The van der Waals surface area contributed by atoms with E-state index in [1.54, 1.807) is 6.92 Å². The number of hydrogen-bond acceptors (Lipinski definition) is 6. The van der Waals surface area contributed by atoms with Crippen LogP contribution in [0, 0.1) is 12.7 Å². The molecule has 1 aliphatic rings. The highest BCUT2D eigenvalue weighted by Gasteiger charge is 2.30. The Kier molecular flexibility index (Phi) is 6.41. The number of hydrogen-bond donors (Lipinski definition) is 1. The molecule has 0 saturated heterocycles. The fourth-order valence-corrected chi connectivity index (χ4v) is 5.04. The van der Waals surface area contributed by atoms with Crippen LogP contribution in [0.2, 0.25) is 5.02 Å². The van der Waals surface area contributed by atoms with Crippen molar-refractivity contribution in [3.05, 3.63) is 68.3 Å². The first-order valence-electron chi connectivity index (χ1n) is 10.4. The summed E-state index contributed by atoms with van der Waals surface area (Å²) in [6.45, 7) is 1.70. The van der Waals surface area contributed by atoms with Gasteiger partial charge in [-0.2, -0.15) is 0 Å². The Bertz CT molecular complexity index is 1460. The summed E-state index contributed by atoms with van der Waals surface area (Å²) in [6.07, 6.45) is 0.813. The van der Waals surface area contributed by atoms with E-state index >= 15 is 0 Å². The first-order chi connectivity index (χ1) is 16.0. The molecular weight excluding hydrogens is 487 g/mol. The van der Waals surface area contributed by atoms with E-state index < -0.39 is 32.5 Å². The molecule has 1 aliphatic carbocycles. The summed E-state index contributed by atoms with van der Waals surface area (Å²) in [6, 6.07) is 6.43. The topological polar surface area (TPSA) is 106 Å². The number of halogens is 2. The minimum absolute atomic E-state index is 0.0192. The second kappa shape index (κ2) is 9.01. The number of benzene rings is 2. The number of carbonyl (C=O) groups is 1. The Morgan fingerprint density at radius 3 is 2.62 bits per heavy atom. The standard InChI is InChI=1S/C23H22ClFN2O6S/c1-12-15-10-17(24)20(33-23(29)27(2)3)11-19(15)32-22(28)16(12)8-13-4-7-18(25)21(9-13)34(30,31)26-14-5-6-14/h4,7,9-11,14,26H,5-6,8H2,1-3H3. The number of carbonyl (C=O) groups excluding carboxylic acids is 1. The first-order valence-corrected chi connectivity index (χ1v) is 12.3. The highest BCUT2D eigenvalue weighted by Crippen LogP contribution is 2.33. The Morgan fingerprint density at radius 2 is 1.97 bits per heavy atom. The van der Waals surface area contributed by atoms with Gasteiger partial charge in [-0.25, -0.2) is 27.1 Å². The normalized spacial score (nSPS) is 13.8. The minimum Gasteiger partial charge on any atom is -0.422 e. The number of aryl methyl sites for hydroxylation is 1. The monoisotopic (exact) mass is 508 g/mol. The predicted octanol–water partition coefficient (Wildman–Crippen LogP) is 3.99. The number of amides is 1. The maximum absolute atomic E-state index is 14.3. The number of sulfonamides is 1. The van der Waals surface area contributed by atoms with Gasteiger partial charge >= 0.3 is 11.7 Å². The van der Waals surface area contributed by atoms with Crippen LogP contribution >= 0.6 is 11.6 Å². The van der Waals surface area contributed by atoms with E-state index in [4.69, 9.17) is 20.8 Å². The Balaban J connectivity index is 1.71. The molecule has 8 nitrogen and oxygen atoms in total. The third-order valence-corrected chi connectivity index (χ3v) is 7.30. The van der Waals surface area contributed by atoms with Crippen LogP contribution in [0.4, 0.5) is 9.18 Å². The SMILES string of the molecule is Cc1c(Cc2ccc(F)c(S(=O)(=O)NC3CC3)c2)c(=O)oc2cc(OC(=O)N(C)C)c(Cl)cc12. The average Bonchev–Trinajstić information content (AvgIpc) is 3.56. The lowest BCUT2D eigenvalue weighted by Crippen LogP contribution is -2.26. The number of fused-ring (bicyclic) bond motifs is 1. The summed E-state index contributed by atoms with van der Waals surface area (Å²) in [4.78, 5) is 25.4. The summed E-state index contributed by atoms with van der Waals surface area (Å²) in [7, 11) is -0.981. The van der Waals surface area contributed by atoms with Crippen LogP contribution in [0.15, 0.2) is 44.4 Å². The largest absolute Gasteiger partial charge is 0.422 e. The number of nitrogens with zero attached hydrogens (tertiary/aromatic N) is 1. The molecular formula is C23H22ClFN2O6S. The van der Waals surface area contributed by atoms with Crippen molar-refractivity contribution in [2.24, 2.45) is 0 Å². The zero-order valence-corrected chi connectivity index (χ0v) is 20.2. The second-order valence-corrected chi connectivity index (χ2v) is 10.5. The minimum atomic E-state index is -4.01. The van der Waals surface area contributed by atoms with Gasteiger partial charge in [-0.15, -0.1) is 0 Å². The van der Waals surface area contributed by atoms with Crippen LogP contribution < -0.4 is 15.1 Å². The lowest BCUT2D eigenvalue weighted by atomic mass is 9.99. The molecule has 0 unspecified atom stereocenters. The van der Waals surface area contributed by atoms with Gasteiger partial charge in [0, 0.05) is 43.6 Å². The molecule has 4 rings (SSSR count). The molecule has 34 heavy (non-hydrogen) atoms. The summed E-state index contributed by atoms with van der Waals surface area (Å²) in [5.41, 5.74) is 0.778. The van der Waals surface area contributed by atoms with Gasteiger partial charge in [-0.3, -0.25) is 0 Å². The molecule has 0 bridgehead atoms. The number of nitrogens with one attached hydrogen (secondary N) is 1. The highest BCUT2D eigenvalue weighted by atomic mass is 35.5. The quantitative estimate of drug-likeness (QED) is 0.505. The summed E-state index contributed by atoms with van der Waals surface area (Å²) >= 11 is 6.28. The van der Waals surface area contributed by atoms with Crippen LogP contribution in [-0.2, 0) is 16.4 Å². The Hall–Kier alpha value is -2.95. The lowest BCUT2D eigenvalue weighted by Gasteiger charge is -2.14. The Morgan fingerprint density at radius 1 is 1.26 bits per heavy atom. The zero-order chi connectivity index (χ0) is 24.8. The van der Waals surface area contributed by atoms with Gasteiger partial charge in [0.25, 0.3) is 0 Å². The van der Waals surface area contributed by atoms with Crippen molar-refractivity contribution in [2.45, 2.75) is 37.1 Å². The van der Waals surface area contributed by atoms with Crippen molar-refractivity contribution in [1.82, 2.24) is 9.62 Å². The molecule has 180 valence electrons. The van der Waals surface area contributed by atoms with Gasteiger partial charge in [-0.05, 0) is 49.1 Å². The smallest absolute Gasteiger partial charge is 0.414 e. The van der Waals surface area contributed by atoms with Crippen molar-refractivity contribution in [3.8, 4) is 5.75 Å². The highest BCUT2D eigenvalue weighted by molar-refractivity contribution is 7.89. The summed E-state index contributed by atoms with van der Waals surface area (Å²) in [5, 5.41) is 0.668. The molecule has 1 fully saturated rings. The van der Waals surface area contributed by atoms with Crippen molar-refractivity contribution < 1.29 is 26.8 Å². The van der Waals surface area contributed by atoms with Crippen molar-refractivity contribution >= 4 is 38.7 Å². The molecule has 0 aliphatic heterocycles. The van der Waals surface area contributed by atoms with Crippen molar-refractivity contribution in [1.29, 1.82) is 0 Å². The van der Waals surface area contributed by atoms with Gasteiger partial charge in [0.15, 0.2) is 5.75 Å². The van der Waals surface area contributed by atoms with Gasteiger partial charge in [0.1, 0.15) is 16.3 Å². The van der Waals surface area contributed by atoms with Gasteiger partial charge in [-0.1, -0.05) is 17.7 Å². The third kappa shape index (κ3) is 4.94. The molecule has 3 aromatic rings. The van der Waals surface area contributed by atoms with Gasteiger partial charge in [0.05, 0.1) is 5.02 Å². The first kappa shape index (κ1) is 24.2. The Labute approximate surface area is 200 Å². The van der Waals surface area contributed by atoms with Crippen molar-refractivity contribution in [3.63, 3.8) is 0 Å². The fraction of sp³-hybridized carbons (Fsp3) is 0.304. The van der Waals surface area contributed by atoms with Crippen LogP contribution in [-0.4, -0.2) is 39.5 Å². The molecule has 0 atom stereocenters. The molecule has 1 heterocycles. The third-order valence-electron chi connectivity index (χ3n) is 5.47. The number of ether oxygens (including phenoxy) is 1. The van der Waals surface area contributed by atoms with Crippen LogP contribution in [0.1, 0.15) is 29.5 Å². The van der Waals surface area contributed by atoms with E-state index in [-0.39, 0.29) is 34.4 Å². The van der Waals surface area contributed by atoms with E-state index in [0.717, 1.165) is 18.9 Å². The molecule has 0 spiro atoms. The van der Waals surface area contributed by atoms with Crippen LogP contribution in [0.3, 0.4) is 0 Å². The maximum atomic E-state index is 14.3. The lowest BCUT2D eigenvalue weighted by molar-refractivity contribution is 0.172. The molecule has 1 aromatic heterocycles. The summed E-state index contributed by atoms with van der Waals surface area (Å²) < 4.78 is 52.5. The molecule has 1 N–H and O–H groups in total. The molecule has 11 heteroatoms. The van der Waals surface area contributed by atoms with Crippen LogP contribution in [0.25, 0.3) is 11.0 Å². The van der Waals surface area contributed by atoms with Gasteiger partial charge in [0.2, 0.25) is 10.0 Å². The van der Waals surface area contributed by atoms with E-state index in [1.165, 1.54) is 43.3 Å². The van der Waals surface area contributed by atoms with Gasteiger partial charge < -0.3 is 14.1 Å². The fourth-order valence-electron chi connectivity index (χ4n) is 3.41. The molecule has 2 aromatic carbocycles. The molecule has 1 saturated carbocycles.